The molecule has 26 heavy (non-hydrogen) atoms. The second-order valence-corrected chi connectivity index (χ2v) is 7.62. The van der Waals surface area contributed by atoms with Gasteiger partial charge in [0.15, 0.2) is 0 Å². The average molecular weight is 377 g/mol. The van der Waals surface area contributed by atoms with Crippen molar-refractivity contribution < 1.29 is 22.4 Å². The molecule has 0 saturated carbocycles. The van der Waals surface area contributed by atoms with Gasteiger partial charge in [0.1, 0.15) is 18.4 Å². The van der Waals surface area contributed by atoms with Gasteiger partial charge in [-0.25, -0.2) is 13.4 Å². The second kappa shape index (κ2) is 7.30. The zero-order chi connectivity index (χ0) is 18.7. The summed E-state index contributed by atoms with van der Waals surface area (Å²) in [6, 6.07) is 10.0. The van der Waals surface area contributed by atoms with E-state index in [0.29, 0.717) is 29.1 Å². The van der Waals surface area contributed by atoms with Gasteiger partial charge in [-0.15, -0.1) is 0 Å². The minimum absolute atomic E-state index is 0.114. The van der Waals surface area contributed by atoms with Crippen molar-refractivity contribution in [1.29, 1.82) is 0 Å². The Bertz CT molecular complexity index is 922. The molecular weight excluding hydrogens is 358 g/mol. The average Bonchev–Trinajstić information content (AvgIpc) is 3.23. The quantitative estimate of drug-likeness (QED) is 0.829. The van der Waals surface area contributed by atoms with Gasteiger partial charge in [-0.2, -0.15) is 5.10 Å². The Balaban J connectivity index is 1.98. The number of amides is 1. The maximum absolute atomic E-state index is 12.4. The van der Waals surface area contributed by atoms with Crippen LogP contribution < -0.4 is 4.72 Å². The van der Waals surface area contributed by atoms with E-state index in [9.17, 15) is 13.2 Å². The standard InChI is InChI=1S/C17H19N3O5S/c1-24-11-17(21)20-15(16-8-5-9-25-16)10-14(18-20)12-6-3-4-7-13(12)19-26(2,22)23/h3-9,15,19H,10-11H2,1-2H3. The molecule has 2 aromatic rings. The number of benzene rings is 1. The molecule has 1 aromatic heterocycles. The van der Waals surface area contributed by atoms with Crippen molar-refractivity contribution >= 4 is 27.3 Å². The van der Waals surface area contributed by atoms with E-state index in [-0.39, 0.29) is 12.5 Å². The Labute approximate surface area is 151 Å². The van der Waals surface area contributed by atoms with Gasteiger partial charge >= 0.3 is 0 Å². The van der Waals surface area contributed by atoms with Crippen molar-refractivity contribution in [3.63, 3.8) is 0 Å². The molecule has 1 atom stereocenters. The van der Waals surface area contributed by atoms with Gasteiger partial charge in [-0.05, 0) is 18.2 Å². The number of rotatable bonds is 6. The van der Waals surface area contributed by atoms with Gasteiger partial charge in [0.25, 0.3) is 5.91 Å². The lowest BCUT2D eigenvalue weighted by atomic mass is 10.0. The summed E-state index contributed by atoms with van der Waals surface area (Å²) in [7, 11) is -2.01. The molecule has 0 fully saturated rings. The van der Waals surface area contributed by atoms with Gasteiger partial charge in [-0.1, -0.05) is 18.2 Å². The maximum Gasteiger partial charge on any atom is 0.269 e. The molecule has 1 amide bonds. The first kappa shape index (κ1) is 18.2. The molecule has 1 N–H and O–H groups in total. The van der Waals surface area contributed by atoms with Crippen molar-refractivity contribution in [2.75, 3.05) is 24.7 Å². The number of hydrogen-bond acceptors (Lipinski definition) is 6. The molecule has 3 rings (SSSR count). The monoisotopic (exact) mass is 377 g/mol. The number of methoxy groups -OCH3 is 1. The van der Waals surface area contributed by atoms with Crippen molar-refractivity contribution in [3.8, 4) is 0 Å². The van der Waals surface area contributed by atoms with Gasteiger partial charge in [0.05, 0.1) is 23.9 Å². The topological polar surface area (TPSA) is 101 Å². The molecule has 2 heterocycles. The minimum Gasteiger partial charge on any atom is -0.467 e. The number of carbonyl (C=O) groups is 1. The fourth-order valence-corrected chi connectivity index (χ4v) is 3.40. The third-order valence-electron chi connectivity index (χ3n) is 3.84. The van der Waals surface area contributed by atoms with Crippen molar-refractivity contribution in [2.24, 2.45) is 5.10 Å². The summed E-state index contributed by atoms with van der Waals surface area (Å²) in [6.45, 7) is -0.114. The van der Waals surface area contributed by atoms with Gasteiger partial charge < -0.3 is 9.15 Å². The molecule has 1 unspecified atom stereocenters. The normalized spacial score (nSPS) is 17.2. The first-order valence-corrected chi connectivity index (χ1v) is 9.77. The smallest absolute Gasteiger partial charge is 0.269 e. The Kier molecular flexibility index (Phi) is 5.10. The number of hydrogen-bond donors (Lipinski definition) is 1. The molecule has 9 heteroatoms. The zero-order valence-electron chi connectivity index (χ0n) is 14.4. The summed E-state index contributed by atoms with van der Waals surface area (Å²) in [6.07, 6.45) is 3.01. The number of furan rings is 1. The lowest BCUT2D eigenvalue weighted by Gasteiger charge is -2.19. The fraction of sp³-hybridized carbons (Fsp3) is 0.294. The van der Waals surface area contributed by atoms with Crippen molar-refractivity contribution in [2.45, 2.75) is 12.5 Å². The largest absolute Gasteiger partial charge is 0.467 e. The van der Waals surface area contributed by atoms with E-state index in [1.54, 1.807) is 36.4 Å². The number of hydrazone groups is 1. The highest BCUT2D eigenvalue weighted by molar-refractivity contribution is 7.92. The number of ether oxygens (including phenoxy) is 1. The van der Waals surface area contributed by atoms with Crippen molar-refractivity contribution in [3.05, 3.63) is 54.0 Å². The summed E-state index contributed by atoms with van der Waals surface area (Å²) >= 11 is 0. The first-order valence-electron chi connectivity index (χ1n) is 7.88. The SMILES string of the molecule is COCC(=O)N1N=C(c2ccccc2NS(C)(=O)=O)CC1c1ccco1. The first-order chi connectivity index (χ1) is 12.4. The fourth-order valence-electron chi connectivity index (χ4n) is 2.82. The van der Waals surface area contributed by atoms with Gasteiger partial charge in [0.2, 0.25) is 10.0 Å². The Morgan fingerprint density at radius 1 is 1.35 bits per heavy atom. The molecule has 0 bridgehead atoms. The highest BCUT2D eigenvalue weighted by Gasteiger charge is 2.35. The maximum atomic E-state index is 12.4. The van der Waals surface area contributed by atoms with E-state index in [1.165, 1.54) is 18.4 Å². The molecule has 0 radical (unpaired) electrons. The van der Waals surface area contributed by atoms with Crippen LogP contribution in [-0.4, -0.2) is 45.0 Å². The second-order valence-electron chi connectivity index (χ2n) is 5.87. The number of nitrogens with one attached hydrogen (secondary N) is 1. The Morgan fingerprint density at radius 3 is 2.77 bits per heavy atom. The van der Waals surface area contributed by atoms with Gasteiger partial charge in [0, 0.05) is 19.1 Å². The molecule has 1 aliphatic heterocycles. The summed E-state index contributed by atoms with van der Waals surface area (Å²) in [5.41, 5.74) is 1.61. The van der Waals surface area contributed by atoms with E-state index in [1.807, 2.05) is 0 Å². The summed E-state index contributed by atoms with van der Waals surface area (Å²) in [5, 5.41) is 5.76. The summed E-state index contributed by atoms with van der Waals surface area (Å²) < 4.78 is 36.1. The van der Waals surface area contributed by atoms with E-state index >= 15 is 0 Å². The molecule has 1 aromatic carbocycles. The third-order valence-corrected chi connectivity index (χ3v) is 4.43. The lowest BCUT2D eigenvalue weighted by molar-refractivity contribution is -0.137. The minimum atomic E-state index is -3.45. The molecular formula is C17H19N3O5S. The lowest BCUT2D eigenvalue weighted by Crippen LogP contribution is -2.29. The number of para-hydroxylation sites is 1. The van der Waals surface area contributed by atoms with E-state index in [2.05, 4.69) is 9.82 Å². The summed E-state index contributed by atoms with van der Waals surface area (Å²) in [5.74, 6) is 0.291. The van der Waals surface area contributed by atoms with Crippen LogP contribution in [0.1, 0.15) is 23.8 Å². The number of nitrogens with zero attached hydrogens (tertiary/aromatic N) is 2. The van der Waals surface area contributed by atoms with Crippen molar-refractivity contribution in [1.82, 2.24) is 5.01 Å². The molecule has 138 valence electrons. The van der Waals surface area contributed by atoms with E-state index in [4.69, 9.17) is 9.15 Å². The van der Waals surface area contributed by atoms with Crippen LogP contribution in [-0.2, 0) is 19.6 Å². The molecule has 0 saturated heterocycles. The zero-order valence-corrected chi connectivity index (χ0v) is 15.2. The van der Waals surface area contributed by atoms with E-state index < -0.39 is 16.1 Å². The van der Waals surface area contributed by atoms with Crippen LogP contribution in [0.3, 0.4) is 0 Å². The van der Waals surface area contributed by atoms with Gasteiger partial charge in [-0.3, -0.25) is 9.52 Å². The molecule has 8 nitrogen and oxygen atoms in total. The Hall–Kier alpha value is -2.65. The number of sulfonamides is 1. The molecule has 1 aliphatic rings. The van der Waals surface area contributed by atoms with Crippen LogP contribution in [0.15, 0.2) is 52.2 Å². The molecule has 0 aliphatic carbocycles. The highest BCUT2D eigenvalue weighted by atomic mass is 32.2. The number of carbonyl (C=O) groups excluding carboxylic acids is 1. The van der Waals surface area contributed by atoms with Crippen LogP contribution in [0.5, 0.6) is 0 Å². The predicted molar refractivity (Wildman–Crippen MR) is 96.2 cm³/mol. The van der Waals surface area contributed by atoms with Crippen LogP contribution in [0.25, 0.3) is 0 Å². The van der Waals surface area contributed by atoms with Crippen LogP contribution >= 0.6 is 0 Å². The Morgan fingerprint density at radius 2 is 2.12 bits per heavy atom. The third kappa shape index (κ3) is 3.94. The number of anilines is 1. The predicted octanol–water partition coefficient (Wildman–Crippen LogP) is 1.98. The van der Waals surface area contributed by atoms with Crippen LogP contribution in [0.2, 0.25) is 0 Å². The molecule has 0 spiro atoms. The highest BCUT2D eigenvalue weighted by Crippen LogP contribution is 2.34. The van der Waals surface area contributed by atoms with E-state index in [0.717, 1.165) is 6.26 Å². The van der Waals surface area contributed by atoms with Crippen LogP contribution in [0, 0.1) is 0 Å². The van der Waals surface area contributed by atoms with Crippen LogP contribution in [0.4, 0.5) is 5.69 Å². The summed E-state index contributed by atoms with van der Waals surface area (Å²) in [4.78, 5) is 12.4.